The molecule has 0 amide bonds. The Hall–Kier alpha value is -2.86. The number of quaternary nitrogens is 1. The Bertz CT molecular complexity index is 1000. The van der Waals surface area contributed by atoms with Gasteiger partial charge in [-0.1, -0.05) is 105 Å². The van der Waals surface area contributed by atoms with E-state index in [1.807, 2.05) is 42.5 Å². The predicted molar refractivity (Wildman–Crippen MR) is 122 cm³/mol. The Kier molecular flexibility index (Phi) is 6.04. The van der Waals surface area contributed by atoms with Crippen LogP contribution in [0.15, 0.2) is 91.0 Å². The first-order valence-corrected chi connectivity index (χ1v) is 10.8. The van der Waals surface area contributed by atoms with E-state index in [2.05, 4.69) is 79.5 Å². The number of rotatable bonds is 3. The molecule has 2 heteroatoms. The number of piperidine rings is 1. The highest BCUT2D eigenvalue weighted by molar-refractivity contribution is 5.37. The van der Waals surface area contributed by atoms with Crippen LogP contribution in [0.25, 0.3) is 0 Å². The zero-order chi connectivity index (χ0) is 21.0. The first-order chi connectivity index (χ1) is 14.6. The van der Waals surface area contributed by atoms with Gasteiger partial charge in [0.1, 0.15) is 17.7 Å². The molecule has 1 saturated heterocycles. The molecule has 1 heterocycles. The lowest BCUT2D eigenvalue weighted by Gasteiger charge is -2.45. The van der Waals surface area contributed by atoms with E-state index < -0.39 is 5.60 Å². The molecule has 0 bridgehead atoms. The zero-order valence-electron chi connectivity index (χ0n) is 17.7. The van der Waals surface area contributed by atoms with E-state index in [0.29, 0.717) is 12.3 Å². The third kappa shape index (κ3) is 4.33. The van der Waals surface area contributed by atoms with Gasteiger partial charge in [0.25, 0.3) is 0 Å². The first-order valence-electron chi connectivity index (χ1n) is 10.8. The molecular formula is C28H30NO+. The molecule has 30 heavy (non-hydrogen) atoms. The summed E-state index contributed by atoms with van der Waals surface area (Å²) in [5.41, 5.74) is 2.35. The Morgan fingerprint density at radius 2 is 1.37 bits per heavy atom. The average molecular weight is 397 g/mol. The summed E-state index contributed by atoms with van der Waals surface area (Å²) in [4.78, 5) is 0. The normalized spacial score (nSPS) is 26.1. The fourth-order valence-corrected chi connectivity index (χ4v) is 4.93. The fraction of sp³-hybridized carbons (Fsp3) is 0.286. The molecule has 3 aromatic rings. The van der Waals surface area contributed by atoms with Crippen LogP contribution in [-0.2, 0) is 0 Å². The summed E-state index contributed by atoms with van der Waals surface area (Å²) in [6.07, 6.45) is 0.614. The van der Waals surface area contributed by atoms with Crippen molar-refractivity contribution in [3.05, 3.63) is 108 Å². The van der Waals surface area contributed by atoms with Gasteiger partial charge in [0.15, 0.2) is 0 Å². The molecule has 0 radical (unpaired) electrons. The van der Waals surface area contributed by atoms with Gasteiger partial charge in [-0.15, -0.1) is 0 Å². The second-order valence-corrected chi connectivity index (χ2v) is 8.66. The SMILES string of the molecule is CC(C)[C@H]1[C@H](c2ccccc2)[NH2+][C@H](c2ccccc2)C[C@]1(O)C#Cc1ccccc1. The molecule has 0 aliphatic carbocycles. The topological polar surface area (TPSA) is 36.8 Å². The van der Waals surface area contributed by atoms with Gasteiger partial charge in [-0.05, 0) is 18.1 Å². The van der Waals surface area contributed by atoms with Gasteiger partial charge in [-0.25, -0.2) is 0 Å². The van der Waals surface area contributed by atoms with E-state index in [0.717, 1.165) is 5.56 Å². The standard InChI is InChI=1S/C28H29NO/c1-21(2)26-27(24-16-10-5-11-17-24)29-25(23-14-8-4-9-15-23)20-28(26,30)19-18-22-12-6-3-7-13-22/h3-17,21,25-27,29-30H,20H2,1-2H3/p+1/t25-,26-,27-,28+/m0/s1. The van der Waals surface area contributed by atoms with Crippen molar-refractivity contribution in [3.8, 4) is 11.8 Å². The molecule has 3 N–H and O–H groups in total. The second-order valence-electron chi connectivity index (χ2n) is 8.66. The van der Waals surface area contributed by atoms with Gasteiger partial charge < -0.3 is 10.4 Å². The van der Waals surface area contributed by atoms with E-state index in [1.165, 1.54) is 11.1 Å². The molecule has 4 atom stereocenters. The number of aliphatic hydroxyl groups is 1. The fourth-order valence-electron chi connectivity index (χ4n) is 4.93. The lowest BCUT2D eigenvalue weighted by atomic mass is 9.67. The zero-order valence-corrected chi connectivity index (χ0v) is 17.7. The van der Waals surface area contributed by atoms with Crippen molar-refractivity contribution < 1.29 is 10.4 Å². The van der Waals surface area contributed by atoms with Crippen molar-refractivity contribution in [1.82, 2.24) is 0 Å². The van der Waals surface area contributed by atoms with Crippen LogP contribution in [0, 0.1) is 23.7 Å². The van der Waals surface area contributed by atoms with Gasteiger partial charge in [-0.2, -0.15) is 0 Å². The summed E-state index contributed by atoms with van der Waals surface area (Å²) in [6, 6.07) is 31.3. The largest absolute Gasteiger partial charge is 0.377 e. The first kappa shape index (κ1) is 20.4. The van der Waals surface area contributed by atoms with E-state index in [4.69, 9.17) is 0 Å². The number of hydrogen-bond acceptors (Lipinski definition) is 1. The van der Waals surface area contributed by atoms with E-state index >= 15 is 0 Å². The minimum atomic E-state index is -1.07. The van der Waals surface area contributed by atoms with Crippen molar-refractivity contribution in [3.63, 3.8) is 0 Å². The highest BCUT2D eigenvalue weighted by atomic mass is 16.3. The Labute approximate surface area is 180 Å². The van der Waals surface area contributed by atoms with Crippen LogP contribution < -0.4 is 5.32 Å². The maximum Gasteiger partial charge on any atom is 0.140 e. The molecule has 0 saturated carbocycles. The van der Waals surface area contributed by atoms with Crippen LogP contribution in [0.4, 0.5) is 0 Å². The molecule has 2 nitrogen and oxygen atoms in total. The smallest absolute Gasteiger partial charge is 0.140 e. The molecule has 0 aromatic heterocycles. The van der Waals surface area contributed by atoms with Gasteiger partial charge in [-0.3, -0.25) is 0 Å². The summed E-state index contributed by atoms with van der Waals surface area (Å²) >= 11 is 0. The van der Waals surface area contributed by atoms with Crippen molar-refractivity contribution in [2.45, 2.75) is 38.0 Å². The minimum absolute atomic E-state index is 0.0241. The summed E-state index contributed by atoms with van der Waals surface area (Å²) < 4.78 is 0. The second kappa shape index (κ2) is 8.88. The van der Waals surface area contributed by atoms with Crippen LogP contribution in [0.1, 0.15) is 49.0 Å². The predicted octanol–water partition coefficient (Wildman–Crippen LogP) is 4.49. The highest BCUT2D eigenvalue weighted by Gasteiger charge is 2.51. The van der Waals surface area contributed by atoms with E-state index in [9.17, 15) is 5.11 Å². The van der Waals surface area contributed by atoms with Crippen molar-refractivity contribution in [2.75, 3.05) is 0 Å². The molecule has 4 rings (SSSR count). The summed E-state index contributed by atoms with van der Waals surface area (Å²) in [5.74, 6) is 6.91. The maximum atomic E-state index is 12.0. The molecule has 152 valence electrons. The minimum Gasteiger partial charge on any atom is -0.377 e. The lowest BCUT2D eigenvalue weighted by molar-refractivity contribution is -0.757. The maximum absolute atomic E-state index is 12.0. The number of hydrogen-bond donors (Lipinski definition) is 2. The molecule has 0 spiro atoms. The van der Waals surface area contributed by atoms with Gasteiger partial charge >= 0.3 is 0 Å². The summed E-state index contributed by atoms with van der Waals surface area (Å²) in [6.45, 7) is 4.40. The summed E-state index contributed by atoms with van der Waals surface area (Å²) in [7, 11) is 0. The Balaban J connectivity index is 1.79. The number of benzene rings is 3. The van der Waals surface area contributed by atoms with E-state index in [1.54, 1.807) is 0 Å². The summed E-state index contributed by atoms with van der Waals surface area (Å²) in [5, 5.41) is 14.5. The van der Waals surface area contributed by atoms with E-state index in [-0.39, 0.29) is 18.0 Å². The molecule has 3 aromatic carbocycles. The number of nitrogens with two attached hydrogens (primary N) is 1. The third-order valence-electron chi connectivity index (χ3n) is 6.24. The van der Waals surface area contributed by atoms with Gasteiger partial charge in [0.05, 0.1) is 5.92 Å². The molecule has 1 aliphatic rings. The van der Waals surface area contributed by atoms with Crippen LogP contribution >= 0.6 is 0 Å². The van der Waals surface area contributed by atoms with Crippen LogP contribution in [0.5, 0.6) is 0 Å². The molecular weight excluding hydrogens is 366 g/mol. The van der Waals surface area contributed by atoms with Gasteiger partial charge in [0.2, 0.25) is 0 Å². The Morgan fingerprint density at radius 1 is 0.833 bits per heavy atom. The van der Waals surface area contributed by atoms with Crippen LogP contribution in [-0.4, -0.2) is 10.7 Å². The van der Waals surface area contributed by atoms with Crippen molar-refractivity contribution in [1.29, 1.82) is 0 Å². The van der Waals surface area contributed by atoms with Gasteiger partial charge in [0, 0.05) is 23.1 Å². The average Bonchev–Trinajstić information content (AvgIpc) is 2.79. The van der Waals surface area contributed by atoms with Crippen molar-refractivity contribution in [2.24, 2.45) is 11.8 Å². The quantitative estimate of drug-likeness (QED) is 0.629. The van der Waals surface area contributed by atoms with Crippen molar-refractivity contribution >= 4 is 0 Å². The third-order valence-corrected chi connectivity index (χ3v) is 6.24. The Morgan fingerprint density at radius 3 is 1.93 bits per heavy atom. The molecule has 0 unspecified atom stereocenters. The molecule has 1 aliphatic heterocycles. The highest BCUT2D eigenvalue weighted by Crippen LogP contribution is 2.42. The van der Waals surface area contributed by atoms with Crippen LogP contribution in [0.2, 0.25) is 0 Å². The lowest BCUT2D eigenvalue weighted by Crippen LogP contribution is -2.92. The molecule has 1 fully saturated rings. The monoisotopic (exact) mass is 396 g/mol. The van der Waals surface area contributed by atoms with Crippen LogP contribution in [0.3, 0.4) is 0 Å².